The molecule has 0 aromatic heterocycles. The largest absolute Gasteiger partial charge is 0.482 e. The summed E-state index contributed by atoms with van der Waals surface area (Å²) in [5.74, 6) is -3.60. The number of halogens is 3. The van der Waals surface area contributed by atoms with Crippen LogP contribution in [0.25, 0.3) is 5.57 Å². The average Bonchev–Trinajstić information content (AvgIpc) is 2.66. The first-order chi connectivity index (χ1) is 13.4. The van der Waals surface area contributed by atoms with E-state index in [4.69, 9.17) is 9.84 Å². The molecule has 2 aromatic rings. The third-order valence-corrected chi connectivity index (χ3v) is 5.24. The number of carboxylic acid groups (broad SMARTS) is 1. The second kappa shape index (κ2) is 6.98. The molecular weight excluding hydrogens is 371 g/mol. The van der Waals surface area contributed by atoms with Gasteiger partial charge in [0.15, 0.2) is 11.6 Å². The lowest BCUT2D eigenvalue weighted by atomic mass is 9.82. The van der Waals surface area contributed by atoms with Crippen molar-refractivity contribution in [3.63, 3.8) is 0 Å². The van der Waals surface area contributed by atoms with Crippen molar-refractivity contribution in [2.24, 2.45) is 0 Å². The van der Waals surface area contributed by atoms with Gasteiger partial charge in [-0.15, -0.1) is 0 Å². The minimum Gasteiger partial charge on any atom is -0.482 e. The summed E-state index contributed by atoms with van der Waals surface area (Å²) in [6, 6.07) is 8.48. The van der Waals surface area contributed by atoms with Gasteiger partial charge in [0.2, 0.25) is 0 Å². The Bertz CT molecular complexity index is 965. The topological polar surface area (TPSA) is 49.8 Å². The molecule has 0 atom stereocenters. The van der Waals surface area contributed by atoms with E-state index in [0.29, 0.717) is 48.9 Å². The summed E-state index contributed by atoms with van der Waals surface area (Å²) >= 11 is 0. The number of likely N-dealkylation sites (tertiary alicyclic amines) is 1. The smallest absolute Gasteiger partial charge is 0.317 e. The normalized spacial score (nSPS) is 18.3. The third kappa shape index (κ3) is 3.38. The van der Waals surface area contributed by atoms with Crippen molar-refractivity contribution in [3.05, 3.63) is 71.1 Å². The molecule has 0 aliphatic carbocycles. The SMILES string of the molecule is O=C(O)CN1CCC2(C=C(c3cc(F)cc(F)c3F)c3ccccc3O2)CC1. The molecule has 1 fully saturated rings. The van der Waals surface area contributed by atoms with E-state index in [1.807, 2.05) is 0 Å². The molecule has 4 rings (SSSR count). The maximum atomic E-state index is 14.5. The Labute approximate surface area is 159 Å². The van der Waals surface area contributed by atoms with E-state index in [1.54, 1.807) is 35.2 Å². The first-order valence-corrected chi connectivity index (χ1v) is 8.97. The lowest BCUT2D eigenvalue weighted by molar-refractivity contribution is -0.139. The highest BCUT2D eigenvalue weighted by Crippen LogP contribution is 2.44. The van der Waals surface area contributed by atoms with E-state index in [2.05, 4.69) is 0 Å². The monoisotopic (exact) mass is 389 g/mol. The highest BCUT2D eigenvalue weighted by Gasteiger charge is 2.39. The number of rotatable bonds is 3. The molecule has 0 radical (unpaired) electrons. The molecule has 2 aliphatic heterocycles. The van der Waals surface area contributed by atoms with Crippen LogP contribution in [0.4, 0.5) is 13.2 Å². The maximum Gasteiger partial charge on any atom is 0.317 e. The van der Waals surface area contributed by atoms with Crippen LogP contribution in [0.15, 0.2) is 42.5 Å². The van der Waals surface area contributed by atoms with Crippen molar-refractivity contribution in [2.75, 3.05) is 19.6 Å². The number of nitrogens with zero attached hydrogens (tertiary/aromatic N) is 1. The van der Waals surface area contributed by atoms with E-state index in [0.717, 1.165) is 6.07 Å². The van der Waals surface area contributed by atoms with E-state index in [9.17, 15) is 18.0 Å². The molecular formula is C21H18F3NO3. The zero-order valence-corrected chi connectivity index (χ0v) is 14.9. The minimum atomic E-state index is -1.25. The van der Waals surface area contributed by atoms with Gasteiger partial charge in [-0.3, -0.25) is 9.69 Å². The number of hydrogen-bond acceptors (Lipinski definition) is 3. The Balaban J connectivity index is 1.77. The van der Waals surface area contributed by atoms with Gasteiger partial charge in [0, 0.05) is 43.1 Å². The zero-order chi connectivity index (χ0) is 19.9. The van der Waals surface area contributed by atoms with Crippen LogP contribution in [0.1, 0.15) is 24.0 Å². The predicted molar refractivity (Wildman–Crippen MR) is 96.5 cm³/mol. The van der Waals surface area contributed by atoms with Crippen molar-refractivity contribution in [1.29, 1.82) is 0 Å². The maximum absolute atomic E-state index is 14.5. The number of para-hydroxylation sites is 1. The molecule has 28 heavy (non-hydrogen) atoms. The van der Waals surface area contributed by atoms with Gasteiger partial charge >= 0.3 is 5.97 Å². The average molecular weight is 389 g/mol. The summed E-state index contributed by atoms with van der Waals surface area (Å²) in [4.78, 5) is 12.7. The molecule has 0 amide bonds. The van der Waals surface area contributed by atoms with Crippen LogP contribution >= 0.6 is 0 Å². The number of ether oxygens (including phenoxy) is 1. The summed E-state index contributed by atoms with van der Waals surface area (Å²) < 4.78 is 48.4. The number of hydrogen-bond donors (Lipinski definition) is 1. The Kier molecular flexibility index (Phi) is 4.63. The fourth-order valence-electron chi connectivity index (χ4n) is 3.87. The number of aliphatic carboxylic acids is 1. The van der Waals surface area contributed by atoms with Gasteiger partial charge in [-0.25, -0.2) is 13.2 Å². The molecule has 2 heterocycles. The van der Waals surface area contributed by atoms with Crippen LogP contribution in [0.2, 0.25) is 0 Å². The Morgan fingerprint density at radius 3 is 2.54 bits per heavy atom. The molecule has 1 spiro atoms. The standard InChI is InChI=1S/C21H18F3NO3/c22-13-9-15(20(24)17(23)10-13)16-11-21(28-18-4-2-1-3-14(16)18)5-7-25(8-6-21)12-19(26)27/h1-4,9-11H,5-8,12H2,(H,26,27). The minimum absolute atomic E-state index is 0.0625. The van der Waals surface area contributed by atoms with E-state index < -0.39 is 29.0 Å². The molecule has 4 nitrogen and oxygen atoms in total. The van der Waals surface area contributed by atoms with Crippen molar-refractivity contribution in [1.82, 2.24) is 4.90 Å². The van der Waals surface area contributed by atoms with Crippen LogP contribution in [0, 0.1) is 17.5 Å². The van der Waals surface area contributed by atoms with Gasteiger partial charge in [-0.05, 0) is 23.8 Å². The highest BCUT2D eigenvalue weighted by atomic mass is 19.2. The molecule has 0 saturated carbocycles. The van der Waals surface area contributed by atoms with E-state index in [1.165, 1.54) is 0 Å². The Morgan fingerprint density at radius 2 is 1.82 bits per heavy atom. The van der Waals surface area contributed by atoms with Gasteiger partial charge in [-0.1, -0.05) is 18.2 Å². The molecule has 7 heteroatoms. The van der Waals surface area contributed by atoms with Crippen LogP contribution < -0.4 is 4.74 Å². The molecule has 0 unspecified atom stereocenters. The molecule has 1 N–H and O–H groups in total. The van der Waals surface area contributed by atoms with Crippen LogP contribution in [0.3, 0.4) is 0 Å². The first kappa shape index (κ1) is 18.6. The summed E-state index contributed by atoms with van der Waals surface area (Å²) in [6.45, 7) is 0.906. The van der Waals surface area contributed by atoms with Gasteiger partial charge < -0.3 is 9.84 Å². The third-order valence-electron chi connectivity index (χ3n) is 5.24. The zero-order valence-electron chi connectivity index (χ0n) is 14.9. The lowest BCUT2D eigenvalue weighted by Crippen LogP contribution is -2.49. The molecule has 1 saturated heterocycles. The number of fused-ring (bicyclic) bond motifs is 1. The van der Waals surface area contributed by atoms with Gasteiger partial charge in [-0.2, -0.15) is 0 Å². The Morgan fingerprint density at radius 1 is 1.11 bits per heavy atom. The Hall–Kier alpha value is -2.80. The molecule has 146 valence electrons. The number of piperidine rings is 1. The second-order valence-electron chi connectivity index (χ2n) is 7.14. The van der Waals surface area contributed by atoms with Crippen molar-refractivity contribution in [2.45, 2.75) is 18.4 Å². The van der Waals surface area contributed by atoms with Crippen molar-refractivity contribution >= 4 is 11.5 Å². The second-order valence-corrected chi connectivity index (χ2v) is 7.14. The van der Waals surface area contributed by atoms with Gasteiger partial charge in [0.05, 0.1) is 6.54 Å². The van der Waals surface area contributed by atoms with Crippen LogP contribution in [-0.2, 0) is 4.79 Å². The van der Waals surface area contributed by atoms with E-state index >= 15 is 0 Å². The molecule has 2 aliphatic rings. The number of benzene rings is 2. The number of carboxylic acids is 1. The van der Waals surface area contributed by atoms with Crippen molar-refractivity contribution < 1.29 is 27.8 Å². The van der Waals surface area contributed by atoms with Crippen LogP contribution in [-0.4, -0.2) is 41.2 Å². The lowest BCUT2D eigenvalue weighted by Gasteiger charge is -2.42. The fourth-order valence-corrected chi connectivity index (χ4v) is 3.87. The summed E-state index contributed by atoms with van der Waals surface area (Å²) in [5.41, 5.74) is 0.00325. The fraction of sp³-hybridized carbons (Fsp3) is 0.286. The summed E-state index contributed by atoms with van der Waals surface area (Å²) in [7, 11) is 0. The summed E-state index contributed by atoms with van der Waals surface area (Å²) in [6.07, 6.45) is 2.69. The first-order valence-electron chi connectivity index (χ1n) is 8.97. The quantitative estimate of drug-likeness (QED) is 0.811. The molecule has 0 bridgehead atoms. The van der Waals surface area contributed by atoms with Gasteiger partial charge in [0.1, 0.15) is 17.2 Å². The highest BCUT2D eigenvalue weighted by molar-refractivity contribution is 5.85. The van der Waals surface area contributed by atoms with Crippen molar-refractivity contribution in [3.8, 4) is 5.75 Å². The number of carbonyl (C=O) groups is 1. The summed E-state index contributed by atoms with van der Waals surface area (Å²) in [5, 5.41) is 8.97. The van der Waals surface area contributed by atoms with Gasteiger partial charge in [0.25, 0.3) is 0 Å². The van der Waals surface area contributed by atoms with E-state index in [-0.39, 0.29) is 12.1 Å². The van der Waals surface area contributed by atoms with Crippen LogP contribution in [0.5, 0.6) is 5.75 Å². The molecule has 2 aromatic carbocycles. The predicted octanol–water partition coefficient (Wildman–Crippen LogP) is 3.85.